The number of rotatable bonds is 15. The van der Waals surface area contributed by atoms with Crippen LogP contribution in [0.25, 0.3) is 22.5 Å². The third kappa shape index (κ3) is 11.0. The quantitative estimate of drug-likeness (QED) is 0.0875. The lowest BCUT2D eigenvalue weighted by Crippen LogP contribution is -2.48. The normalized spacial score (nSPS) is 15.8. The Kier molecular flexibility index (Phi) is 13.3. The molecule has 5 rings (SSSR count). The Balaban J connectivity index is 1.22. The van der Waals surface area contributed by atoms with Crippen molar-refractivity contribution in [1.82, 2.24) is 36.6 Å². The summed E-state index contributed by atoms with van der Waals surface area (Å²) in [5, 5.41) is 27.5. The fraction of sp³-hybridized carbons (Fsp3) is 0.351. The van der Waals surface area contributed by atoms with Gasteiger partial charge in [0.05, 0.1) is 19.6 Å². The van der Waals surface area contributed by atoms with Gasteiger partial charge in [-0.25, -0.2) is 0 Å². The average molecular weight is 724 g/mol. The number of aromatic amines is 1. The van der Waals surface area contributed by atoms with Crippen LogP contribution in [0, 0.1) is 18.8 Å². The van der Waals surface area contributed by atoms with E-state index in [2.05, 4.69) is 47.2 Å². The zero-order valence-electron chi connectivity index (χ0n) is 29.5. The first-order valence-electron chi connectivity index (χ1n) is 17.5. The van der Waals surface area contributed by atoms with E-state index < -0.39 is 23.8 Å². The third-order valence-electron chi connectivity index (χ3n) is 9.23. The summed E-state index contributed by atoms with van der Waals surface area (Å²) < 4.78 is 0. The number of aromatic nitrogens is 4. The van der Waals surface area contributed by atoms with Crippen molar-refractivity contribution in [3.8, 4) is 22.5 Å². The minimum atomic E-state index is -0.823. The first kappa shape index (κ1) is 38.2. The predicted molar refractivity (Wildman–Crippen MR) is 199 cm³/mol. The van der Waals surface area contributed by atoms with Crippen LogP contribution in [0.1, 0.15) is 36.8 Å². The van der Waals surface area contributed by atoms with Crippen LogP contribution in [-0.4, -0.2) is 82.4 Å². The Bertz CT molecular complexity index is 1870. The Morgan fingerprint density at radius 3 is 2.09 bits per heavy atom. The highest BCUT2D eigenvalue weighted by atomic mass is 16.2. The summed E-state index contributed by atoms with van der Waals surface area (Å²) in [5.41, 5.74) is 16.5. The minimum Gasteiger partial charge on any atom is -0.346 e. The van der Waals surface area contributed by atoms with E-state index in [1.807, 2.05) is 43.3 Å². The first-order valence-corrected chi connectivity index (χ1v) is 17.5. The molecule has 10 N–H and O–H groups in total. The number of carbonyl (C=O) groups excluding carboxylic acids is 5. The van der Waals surface area contributed by atoms with Gasteiger partial charge in [0.25, 0.3) is 0 Å². The molecule has 1 atom stereocenters. The van der Waals surface area contributed by atoms with E-state index in [0.717, 1.165) is 53.5 Å². The Morgan fingerprint density at radius 1 is 0.792 bits per heavy atom. The second kappa shape index (κ2) is 18.5. The number of carbonyl (C=O) groups is 5. The average Bonchev–Trinajstić information content (AvgIpc) is 3.72. The van der Waals surface area contributed by atoms with E-state index in [0.29, 0.717) is 29.7 Å². The highest BCUT2D eigenvalue weighted by Gasteiger charge is 2.29. The fourth-order valence-electron chi connectivity index (χ4n) is 6.19. The number of nitrogens with one attached hydrogen (secondary N) is 6. The van der Waals surface area contributed by atoms with Gasteiger partial charge in [0.1, 0.15) is 6.04 Å². The van der Waals surface area contributed by atoms with Crippen LogP contribution in [0.2, 0.25) is 0 Å². The second-order valence-electron chi connectivity index (χ2n) is 13.1. The van der Waals surface area contributed by atoms with Crippen LogP contribution < -0.4 is 38.1 Å². The molecule has 0 saturated heterocycles. The first-order chi connectivity index (χ1) is 25.6. The van der Waals surface area contributed by atoms with Crippen LogP contribution in [0.3, 0.4) is 0 Å². The monoisotopic (exact) mass is 723 g/mol. The highest BCUT2D eigenvalue weighted by molar-refractivity contribution is 5.98. The van der Waals surface area contributed by atoms with Gasteiger partial charge in [-0.3, -0.25) is 24.0 Å². The molecule has 278 valence electrons. The standard InChI is InChI=1S/C37H45N11O5/c1-22-16-29(42-34(51)21-41-33(50)20-40-32(49)19-39)14-15-30(22)25-6-2-23(3-7-25)17-31(44-36(52)27-8-4-24(18-38)5-9-27)37(53)43-28-12-10-26(11-13-28)35-45-47-48-46-35/h2-3,6-7,10-16,24,27,31H,4-5,8-9,17-21,38-39H2,1H3,(H,40,49)(H,41,50)(H,42,51)(H,43,53)(H,44,52)(H,45,46,47,48). The molecule has 1 unspecified atom stereocenters. The zero-order chi connectivity index (χ0) is 37.7. The van der Waals surface area contributed by atoms with E-state index >= 15 is 0 Å². The summed E-state index contributed by atoms with van der Waals surface area (Å²) in [6.07, 6.45) is 3.54. The number of tetrazole rings is 1. The summed E-state index contributed by atoms with van der Waals surface area (Å²) in [6.45, 7) is 1.77. The van der Waals surface area contributed by atoms with Crippen molar-refractivity contribution in [3.05, 3.63) is 77.9 Å². The molecule has 3 aromatic carbocycles. The van der Waals surface area contributed by atoms with E-state index in [4.69, 9.17) is 11.5 Å². The topological polar surface area (TPSA) is 252 Å². The van der Waals surface area contributed by atoms with Gasteiger partial charge in [-0.2, -0.15) is 5.21 Å². The molecule has 4 aromatic rings. The lowest BCUT2D eigenvalue weighted by molar-refractivity contribution is -0.130. The number of H-pyrrole nitrogens is 1. The molecule has 16 heteroatoms. The van der Waals surface area contributed by atoms with Gasteiger partial charge in [-0.1, -0.05) is 30.3 Å². The van der Waals surface area contributed by atoms with Crippen molar-refractivity contribution in [3.63, 3.8) is 0 Å². The van der Waals surface area contributed by atoms with Crippen LogP contribution in [0.5, 0.6) is 0 Å². The lowest BCUT2D eigenvalue weighted by Gasteiger charge is -2.28. The number of hydrogen-bond donors (Lipinski definition) is 8. The summed E-state index contributed by atoms with van der Waals surface area (Å²) >= 11 is 0. The summed E-state index contributed by atoms with van der Waals surface area (Å²) in [6, 6.07) is 19.5. The Morgan fingerprint density at radius 2 is 1.45 bits per heavy atom. The largest absolute Gasteiger partial charge is 0.346 e. The number of aryl methyl sites for hydroxylation is 1. The number of anilines is 2. The second-order valence-corrected chi connectivity index (χ2v) is 13.1. The molecule has 16 nitrogen and oxygen atoms in total. The maximum absolute atomic E-state index is 13.7. The molecule has 0 aliphatic heterocycles. The summed E-state index contributed by atoms with van der Waals surface area (Å²) in [4.78, 5) is 62.5. The maximum Gasteiger partial charge on any atom is 0.247 e. The van der Waals surface area contributed by atoms with Gasteiger partial charge in [-0.15, -0.1) is 10.2 Å². The molecule has 0 spiro atoms. The molecule has 53 heavy (non-hydrogen) atoms. The van der Waals surface area contributed by atoms with E-state index in [-0.39, 0.29) is 43.8 Å². The molecule has 0 radical (unpaired) electrons. The SMILES string of the molecule is Cc1cc(NC(=O)CNC(=O)CNC(=O)CN)ccc1-c1ccc(CC(NC(=O)C2CCC(CN)CC2)C(=O)Nc2ccc(-c3nn[nH]n3)cc2)cc1. The van der Waals surface area contributed by atoms with E-state index in [1.54, 1.807) is 30.3 Å². The molecular formula is C37H45N11O5. The molecule has 1 saturated carbocycles. The smallest absolute Gasteiger partial charge is 0.247 e. The van der Waals surface area contributed by atoms with E-state index in [1.165, 1.54) is 0 Å². The number of benzene rings is 3. The minimum absolute atomic E-state index is 0.133. The molecule has 1 aromatic heterocycles. The number of nitrogens with zero attached hydrogens (tertiary/aromatic N) is 3. The van der Waals surface area contributed by atoms with Crippen LogP contribution in [-0.2, 0) is 30.4 Å². The fourth-order valence-corrected chi connectivity index (χ4v) is 6.19. The molecule has 5 amide bonds. The van der Waals surface area contributed by atoms with Crippen molar-refractivity contribution in [2.45, 2.75) is 45.1 Å². The number of hydrogen-bond acceptors (Lipinski definition) is 10. The van der Waals surface area contributed by atoms with Gasteiger partial charge in [0, 0.05) is 29.3 Å². The molecule has 1 heterocycles. The number of nitrogens with two attached hydrogens (primary N) is 2. The Labute approximate surface area is 306 Å². The van der Waals surface area contributed by atoms with Gasteiger partial charge in [0.2, 0.25) is 35.4 Å². The van der Waals surface area contributed by atoms with Crippen molar-refractivity contribution >= 4 is 40.9 Å². The predicted octanol–water partition coefficient (Wildman–Crippen LogP) is 1.40. The van der Waals surface area contributed by atoms with E-state index in [9.17, 15) is 24.0 Å². The molecule has 1 fully saturated rings. The highest BCUT2D eigenvalue weighted by Crippen LogP contribution is 2.29. The van der Waals surface area contributed by atoms with Crippen LogP contribution in [0.4, 0.5) is 11.4 Å². The van der Waals surface area contributed by atoms with Gasteiger partial charge in [0.15, 0.2) is 0 Å². The van der Waals surface area contributed by atoms with Crippen molar-refractivity contribution in [2.24, 2.45) is 23.3 Å². The molecular weight excluding hydrogens is 678 g/mol. The molecule has 1 aliphatic carbocycles. The van der Waals surface area contributed by atoms with Crippen LogP contribution >= 0.6 is 0 Å². The maximum atomic E-state index is 13.7. The van der Waals surface area contributed by atoms with Gasteiger partial charge < -0.3 is 38.1 Å². The van der Waals surface area contributed by atoms with Gasteiger partial charge >= 0.3 is 0 Å². The Hall–Kier alpha value is -6.00. The lowest BCUT2D eigenvalue weighted by atomic mass is 9.81. The summed E-state index contributed by atoms with van der Waals surface area (Å²) in [5.74, 6) is -1.18. The van der Waals surface area contributed by atoms with Crippen LogP contribution in [0.15, 0.2) is 66.7 Å². The third-order valence-corrected chi connectivity index (χ3v) is 9.23. The molecule has 0 bridgehead atoms. The zero-order valence-corrected chi connectivity index (χ0v) is 29.5. The number of amides is 5. The van der Waals surface area contributed by atoms with Crippen molar-refractivity contribution in [1.29, 1.82) is 0 Å². The van der Waals surface area contributed by atoms with Crippen molar-refractivity contribution < 1.29 is 24.0 Å². The van der Waals surface area contributed by atoms with Gasteiger partial charge in [-0.05, 0) is 109 Å². The molecule has 1 aliphatic rings. The summed E-state index contributed by atoms with van der Waals surface area (Å²) in [7, 11) is 0. The van der Waals surface area contributed by atoms with Crippen molar-refractivity contribution in [2.75, 3.05) is 36.8 Å².